The highest BCUT2D eigenvalue weighted by Gasteiger charge is 2.23. The smallest absolute Gasteiger partial charge is 0.240 e. The average molecular weight is 306 g/mol. The lowest BCUT2D eigenvalue weighted by Crippen LogP contribution is -2.37. The van der Waals surface area contributed by atoms with Crippen molar-refractivity contribution in [3.8, 4) is 0 Å². The van der Waals surface area contributed by atoms with Crippen molar-refractivity contribution in [1.29, 1.82) is 0 Å². The third-order valence-corrected chi connectivity index (χ3v) is 4.78. The normalized spacial score (nSPS) is 16.9. The topological polar surface area (TPSA) is 70.3 Å². The molecule has 1 saturated heterocycles. The van der Waals surface area contributed by atoms with Crippen LogP contribution in [0.15, 0.2) is 11.4 Å². The Bertz CT molecular complexity index is 603. The number of anilines is 2. The Morgan fingerprint density at radius 3 is 2.81 bits per heavy atom. The molecule has 1 aliphatic rings. The van der Waals surface area contributed by atoms with E-state index in [1.165, 1.54) is 19.4 Å². The molecule has 6 nitrogen and oxygen atoms in total. The Labute approximate surface area is 128 Å². The third kappa shape index (κ3) is 3.09. The van der Waals surface area contributed by atoms with Crippen molar-refractivity contribution in [2.75, 3.05) is 44.1 Å². The van der Waals surface area contributed by atoms with E-state index in [2.05, 4.69) is 50.7 Å². The SMILES string of the molecule is CN(C)CC1CCN(c2nc(NN)nc3sccc23)CC1. The molecule has 2 aromatic rings. The zero-order valence-electron chi connectivity index (χ0n) is 12.5. The van der Waals surface area contributed by atoms with E-state index >= 15 is 0 Å². The van der Waals surface area contributed by atoms with Gasteiger partial charge in [-0.25, -0.2) is 10.8 Å². The molecule has 0 amide bonds. The Morgan fingerprint density at radius 2 is 2.14 bits per heavy atom. The molecule has 3 rings (SSSR count). The molecule has 0 radical (unpaired) electrons. The van der Waals surface area contributed by atoms with Gasteiger partial charge in [0.25, 0.3) is 0 Å². The summed E-state index contributed by atoms with van der Waals surface area (Å²) in [5, 5.41) is 3.19. The van der Waals surface area contributed by atoms with Crippen molar-refractivity contribution in [2.45, 2.75) is 12.8 Å². The molecule has 0 aromatic carbocycles. The van der Waals surface area contributed by atoms with Gasteiger partial charge in [0.2, 0.25) is 5.95 Å². The number of hydrogen-bond acceptors (Lipinski definition) is 7. The number of nitrogens with one attached hydrogen (secondary N) is 1. The summed E-state index contributed by atoms with van der Waals surface area (Å²) in [6.45, 7) is 3.26. The van der Waals surface area contributed by atoms with Crippen LogP contribution in [0.3, 0.4) is 0 Å². The second-order valence-electron chi connectivity index (χ2n) is 5.85. The summed E-state index contributed by atoms with van der Waals surface area (Å²) in [7, 11) is 4.29. The number of nitrogens with two attached hydrogens (primary N) is 1. The Kier molecular flexibility index (Phi) is 4.23. The van der Waals surface area contributed by atoms with Crippen LogP contribution in [0.2, 0.25) is 0 Å². The molecule has 0 aliphatic carbocycles. The summed E-state index contributed by atoms with van der Waals surface area (Å²) in [5.74, 6) is 7.78. The molecule has 0 atom stereocenters. The van der Waals surface area contributed by atoms with Gasteiger partial charge in [0, 0.05) is 19.6 Å². The first-order valence-corrected chi connectivity index (χ1v) is 8.17. The minimum atomic E-state index is 0.496. The molecule has 0 spiro atoms. The summed E-state index contributed by atoms with van der Waals surface area (Å²) in [5.41, 5.74) is 2.57. The van der Waals surface area contributed by atoms with Gasteiger partial charge in [-0.05, 0) is 44.3 Å². The monoisotopic (exact) mass is 306 g/mol. The van der Waals surface area contributed by atoms with Crippen molar-refractivity contribution in [2.24, 2.45) is 11.8 Å². The highest BCUT2D eigenvalue weighted by Crippen LogP contribution is 2.31. The fourth-order valence-corrected chi connectivity index (χ4v) is 3.75. The van der Waals surface area contributed by atoms with E-state index in [1.54, 1.807) is 11.3 Å². The van der Waals surface area contributed by atoms with Crippen molar-refractivity contribution in [3.63, 3.8) is 0 Å². The quantitative estimate of drug-likeness (QED) is 0.662. The standard InChI is InChI=1S/C14H22N6S/c1-19(2)9-10-3-6-20(7-4-10)12-11-5-8-21-13(11)17-14(16-12)18-15/h5,8,10H,3-4,6-7,9,15H2,1-2H3,(H,16,17,18). The van der Waals surface area contributed by atoms with Gasteiger partial charge >= 0.3 is 0 Å². The van der Waals surface area contributed by atoms with Crippen LogP contribution in [0.5, 0.6) is 0 Å². The zero-order valence-corrected chi connectivity index (χ0v) is 13.4. The summed E-state index contributed by atoms with van der Waals surface area (Å²) in [6.07, 6.45) is 2.42. The summed E-state index contributed by atoms with van der Waals surface area (Å²) in [6, 6.07) is 2.10. The maximum atomic E-state index is 5.49. The predicted octanol–water partition coefficient (Wildman–Crippen LogP) is 1.75. The third-order valence-electron chi connectivity index (χ3n) is 3.97. The number of hydrazine groups is 1. The second-order valence-corrected chi connectivity index (χ2v) is 6.74. The van der Waals surface area contributed by atoms with E-state index in [4.69, 9.17) is 5.84 Å². The lowest BCUT2D eigenvalue weighted by atomic mass is 9.96. The minimum absolute atomic E-state index is 0.496. The molecule has 0 unspecified atom stereocenters. The molecule has 1 aliphatic heterocycles. The molecule has 21 heavy (non-hydrogen) atoms. The molecule has 0 saturated carbocycles. The zero-order chi connectivity index (χ0) is 14.8. The maximum Gasteiger partial charge on any atom is 0.240 e. The van der Waals surface area contributed by atoms with E-state index in [0.717, 1.165) is 35.0 Å². The van der Waals surface area contributed by atoms with Crippen LogP contribution < -0.4 is 16.2 Å². The van der Waals surface area contributed by atoms with E-state index in [9.17, 15) is 0 Å². The molecule has 3 heterocycles. The molecular formula is C14H22N6S. The Hall–Kier alpha value is -1.44. The maximum absolute atomic E-state index is 5.49. The lowest BCUT2D eigenvalue weighted by Gasteiger charge is -2.34. The van der Waals surface area contributed by atoms with Crippen LogP contribution in [0.25, 0.3) is 10.2 Å². The number of thiophene rings is 1. The van der Waals surface area contributed by atoms with Crippen molar-refractivity contribution in [1.82, 2.24) is 14.9 Å². The fourth-order valence-electron chi connectivity index (χ4n) is 2.99. The van der Waals surface area contributed by atoms with Gasteiger partial charge in [0.15, 0.2) is 0 Å². The van der Waals surface area contributed by atoms with Gasteiger partial charge in [0.05, 0.1) is 5.39 Å². The van der Waals surface area contributed by atoms with E-state index in [0.29, 0.717) is 5.95 Å². The molecule has 114 valence electrons. The van der Waals surface area contributed by atoms with Crippen molar-refractivity contribution in [3.05, 3.63) is 11.4 Å². The van der Waals surface area contributed by atoms with Gasteiger partial charge in [-0.15, -0.1) is 11.3 Å². The lowest BCUT2D eigenvalue weighted by molar-refractivity contribution is 0.285. The summed E-state index contributed by atoms with van der Waals surface area (Å²) >= 11 is 1.62. The number of hydrogen-bond donors (Lipinski definition) is 2. The first kappa shape index (κ1) is 14.5. The molecule has 3 N–H and O–H groups in total. The van der Waals surface area contributed by atoms with Crippen molar-refractivity contribution < 1.29 is 0 Å². The van der Waals surface area contributed by atoms with Gasteiger partial charge in [-0.1, -0.05) is 0 Å². The molecule has 0 bridgehead atoms. The molecule has 1 fully saturated rings. The molecule has 7 heteroatoms. The van der Waals surface area contributed by atoms with Gasteiger partial charge < -0.3 is 9.80 Å². The van der Waals surface area contributed by atoms with Crippen LogP contribution in [-0.4, -0.2) is 48.6 Å². The highest BCUT2D eigenvalue weighted by atomic mass is 32.1. The second kappa shape index (κ2) is 6.13. The number of aromatic nitrogens is 2. The van der Waals surface area contributed by atoms with Gasteiger partial charge in [-0.2, -0.15) is 4.98 Å². The van der Waals surface area contributed by atoms with Gasteiger partial charge in [0.1, 0.15) is 10.6 Å². The summed E-state index contributed by atoms with van der Waals surface area (Å²) < 4.78 is 0. The predicted molar refractivity (Wildman–Crippen MR) is 88.7 cm³/mol. The number of nitrogen functional groups attached to an aromatic ring is 1. The Morgan fingerprint density at radius 1 is 1.38 bits per heavy atom. The van der Waals surface area contributed by atoms with Crippen LogP contribution in [0.1, 0.15) is 12.8 Å². The van der Waals surface area contributed by atoms with Crippen LogP contribution >= 0.6 is 11.3 Å². The van der Waals surface area contributed by atoms with E-state index in [1.807, 2.05) is 0 Å². The minimum Gasteiger partial charge on any atom is -0.356 e. The van der Waals surface area contributed by atoms with Crippen LogP contribution in [0.4, 0.5) is 11.8 Å². The summed E-state index contributed by atoms with van der Waals surface area (Å²) in [4.78, 5) is 14.6. The highest BCUT2D eigenvalue weighted by molar-refractivity contribution is 7.16. The van der Waals surface area contributed by atoms with Gasteiger partial charge in [-0.3, -0.25) is 5.43 Å². The fraction of sp³-hybridized carbons (Fsp3) is 0.571. The number of fused-ring (bicyclic) bond motifs is 1. The van der Waals surface area contributed by atoms with E-state index < -0.39 is 0 Å². The molecular weight excluding hydrogens is 284 g/mol. The largest absolute Gasteiger partial charge is 0.356 e. The first-order valence-electron chi connectivity index (χ1n) is 7.29. The first-order chi connectivity index (χ1) is 10.2. The number of piperidine rings is 1. The van der Waals surface area contributed by atoms with E-state index in [-0.39, 0.29) is 0 Å². The van der Waals surface area contributed by atoms with Crippen LogP contribution in [-0.2, 0) is 0 Å². The van der Waals surface area contributed by atoms with Crippen molar-refractivity contribution >= 4 is 33.3 Å². The number of nitrogens with zero attached hydrogens (tertiary/aromatic N) is 4. The average Bonchev–Trinajstić information content (AvgIpc) is 2.94. The molecule has 2 aromatic heterocycles. The number of rotatable bonds is 4. The Balaban J connectivity index is 1.80. The van der Waals surface area contributed by atoms with Crippen LogP contribution in [0, 0.1) is 5.92 Å².